The van der Waals surface area contributed by atoms with E-state index in [1.807, 2.05) is 55.4 Å². The lowest BCUT2D eigenvalue weighted by Gasteiger charge is -2.25. The number of esters is 1. The van der Waals surface area contributed by atoms with Crippen LogP contribution in [-0.2, 0) is 9.53 Å². The van der Waals surface area contributed by atoms with Crippen LogP contribution in [0.5, 0.6) is 0 Å². The number of nitrogens with zero attached hydrogens (tertiary/aromatic N) is 3. The van der Waals surface area contributed by atoms with Crippen molar-refractivity contribution in [1.29, 1.82) is 0 Å². The number of anilines is 1. The molecule has 0 saturated carbocycles. The predicted octanol–water partition coefficient (Wildman–Crippen LogP) is 3.52. The van der Waals surface area contributed by atoms with E-state index in [1.165, 1.54) is 11.3 Å². The van der Waals surface area contributed by atoms with E-state index in [1.54, 1.807) is 36.6 Å². The number of ether oxygens (including phenoxy) is 1. The van der Waals surface area contributed by atoms with E-state index < -0.39 is 12.0 Å². The zero-order valence-electron chi connectivity index (χ0n) is 18.8. The molecule has 0 radical (unpaired) electrons. The summed E-state index contributed by atoms with van der Waals surface area (Å²) in [6, 6.07) is 14.5. The molecule has 2 aromatic carbocycles. The van der Waals surface area contributed by atoms with E-state index in [4.69, 9.17) is 16.3 Å². The molecule has 0 amide bonds. The number of allylic oxidation sites excluding steroid dienone is 1. The third-order valence-corrected chi connectivity index (χ3v) is 6.61. The third-order valence-electron chi connectivity index (χ3n) is 5.39. The van der Waals surface area contributed by atoms with E-state index in [9.17, 15) is 9.59 Å². The van der Waals surface area contributed by atoms with Crippen molar-refractivity contribution in [3.8, 4) is 0 Å². The molecule has 33 heavy (non-hydrogen) atoms. The van der Waals surface area contributed by atoms with Gasteiger partial charge in [0, 0.05) is 24.8 Å². The van der Waals surface area contributed by atoms with Crippen LogP contribution in [0.2, 0.25) is 5.02 Å². The van der Waals surface area contributed by atoms with Gasteiger partial charge in [0.05, 0.1) is 28.5 Å². The van der Waals surface area contributed by atoms with Gasteiger partial charge in [-0.1, -0.05) is 47.2 Å². The van der Waals surface area contributed by atoms with Crippen LogP contribution in [0.1, 0.15) is 31.0 Å². The lowest BCUT2D eigenvalue weighted by molar-refractivity contribution is -0.139. The lowest BCUT2D eigenvalue weighted by Crippen LogP contribution is -2.39. The molecule has 0 spiro atoms. The summed E-state index contributed by atoms with van der Waals surface area (Å²) in [7, 11) is 3.92. The molecule has 1 aliphatic rings. The summed E-state index contributed by atoms with van der Waals surface area (Å²) in [4.78, 5) is 33.6. The summed E-state index contributed by atoms with van der Waals surface area (Å²) < 4.78 is 7.44. The minimum absolute atomic E-state index is 0.213. The van der Waals surface area contributed by atoms with Crippen molar-refractivity contribution >= 4 is 40.7 Å². The highest BCUT2D eigenvalue weighted by atomic mass is 35.5. The summed E-state index contributed by atoms with van der Waals surface area (Å²) in [5.41, 5.74) is 3.36. The molecule has 2 heterocycles. The minimum atomic E-state index is -0.627. The highest BCUT2D eigenvalue weighted by Crippen LogP contribution is 2.31. The SMILES string of the molecule is CCOC(=O)C1=C(C)N=c2s/c(=C/c3cccc(Cl)c3)c(=O)n2[C@@H]1c1ccc(N(C)C)cc1. The fraction of sp³-hybridized carbons (Fsp3) is 0.240. The summed E-state index contributed by atoms with van der Waals surface area (Å²) in [5.74, 6) is -0.468. The maximum absolute atomic E-state index is 13.6. The molecule has 0 saturated heterocycles. The number of carbonyl (C=O) groups excluding carboxylic acids is 1. The number of aromatic nitrogens is 1. The molecule has 1 aliphatic heterocycles. The fourth-order valence-electron chi connectivity index (χ4n) is 3.81. The van der Waals surface area contributed by atoms with Crippen molar-refractivity contribution < 1.29 is 9.53 Å². The van der Waals surface area contributed by atoms with Gasteiger partial charge in [-0.3, -0.25) is 9.36 Å². The van der Waals surface area contributed by atoms with Gasteiger partial charge in [-0.05, 0) is 55.3 Å². The Bertz CT molecular complexity index is 1420. The number of thiazole rings is 1. The summed E-state index contributed by atoms with van der Waals surface area (Å²) in [5, 5.41) is 0.593. The number of rotatable bonds is 5. The second-order valence-corrected chi connectivity index (χ2v) is 9.29. The Balaban J connectivity index is 1.94. The quantitative estimate of drug-likeness (QED) is 0.523. The fourth-order valence-corrected chi connectivity index (χ4v) is 5.05. The Kier molecular flexibility index (Phi) is 6.54. The molecule has 1 atom stereocenters. The van der Waals surface area contributed by atoms with Crippen molar-refractivity contribution in [3.05, 3.63) is 95.6 Å². The van der Waals surface area contributed by atoms with Crippen LogP contribution in [0.25, 0.3) is 6.08 Å². The molecular formula is C25H24ClN3O3S. The molecule has 8 heteroatoms. The smallest absolute Gasteiger partial charge is 0.338 e. The van der Waals surface area contributed by atoms with E-state index in [2.05, 4.69) is 4.99 Å². The van der Waals surface area contributed by atoms with E-state index >= 15 is 0 Å². The second kappa shape index (κ2) is 9.37. The third kappa shape index (κ3) is 4.51. The Labute approximate surface area is 200 Å². The number of fused-ring (bicyclic) bond motifs is 1. The van der Waals surface area contributed by atoms with E-state index in [0.29, 0.717) is 25.6 Å². The first-order valence-electron chi connectivity index (χ1n) is 10.5. The molecule has 0 aliphatic carbocycles. The monoisotopic (exact) mass is 481 g/mol. The maximum atomic E-state index is 13.6. The van der Waals surface area contributed by atoms with Gasteiger partial charge in [0.1, 0.15) is 0 Å². The van der Waals surface area contributed by atoms with Crippen LogP contribution in [0, 0.1) is 0 Å². The topological polar surface area (TPSA) is 63.9 Å². The van der Waals surface area contributed by atoms with Crippen LogP contribution >= 0.6 is 22.9 Å². The minimum Gasteiger partial charge on any atom is -0.463 e. The van der Waals surface area contributed by atoms with Gasteiger partial charge in [0.25, 0.3) is 5.56 Å². The molecule has 0 bridgehead atoms. The number of carbonyl (C=O) groups is 1. The van der Waals surface area contributed by atoms with E-state index in [0.717, 1.165) is 16.8 Å². The van der Waals surface area contributed by atoms with Crippen LogP contribution in [0.4, 0.5) is 5.69 Å². The molecule has 1 aromatic heterocycles. The first-order valence-corrected chi connectivity index (χ1v) is 11.7. The zero-order valence-corrected chi connectivity index (χ0v) is 20.4. The first kappa shape index (κ1) is 23.0. The van der Waals surface area contributed by atoms with Gasteiger partial charge in [-0.15, -0.1) is 0 Å². The second-order valence-electron chi connectivity index (χ2n) is 7.84. The largest absolute Gasteiger partial charge is 0.463 e. The average Bonchev–Trinajstić information content (AvgIpc) is 3.07. The number of hydrogen-bond donors (Lipinski definition) is 0. The van der Waals surface area contributed by atoms with Gasteiger partial charge >= 0.3 is 5.97 Å². The van der Waals surface area contributed by atoms with Crippen LogP contribution in [0.15, 0.2) is 69.6 Å². The molecule has 170 valence electrons. The van der Waals surface area contributed by atoms with Crippen molar-refractivity contribution in [2.45, 2.75) is 19.9 Å². The highest BCUT2D eigenvalue weighted by molar-refractivity contribution is 7.07. The van der Waals surface area contributed by atoms with E-state index in [-0.39, 0.29) is 12.2 Å². The Morgan fingerprint density at radius 3 is 2.61 bits per heavy atom. The van der Waals surface area contributed by atoms with Gasteiger partial charge in [-0.2, -0.15) is 0 Å². The normalized spacial score (nSPS) is 15.8. The first-order chi connectivity index (χ1) is 15.8. The van der Waals surface area contributed by atoms with Gasteiger partial charge in [-0.25, -0.2) is 9.79 Å². The highest BCUT2D eigenvalue weighted by Gasteiger charge is 2.33. The van der Waals surface area contributed by atoms with Crippen LogP contribution in [0.3, 0.4) is 0 Å². The molecule has 3 aromatic rings. The Morgan fingerprint density at radius 2 is 1.97 bits per heavy atom. The Morgan fingerprint density at radius 1 is 1.24 bits per heavy atom. The number of halogens is 1. The molecule has 0 N–H and O–H groups in total. The standard InChI is InChI=1S/C25H24ClN3O3S/c1-5-32-24(31)21-15(2)27-25-29(22(21)17-9-11-19(12-10-17)28(3)4)23(30)20(33-25)14-16-7-6-8-18(26)13-16/h6-14,22H,5H2,1-4H3/b20-14+/t22-/m1/s1. The molecule has 0 unspecified atom stereocenters. The van der Waals surface area contributed by atoms with Crippen LogP contribution in [-0.4, -0.2) is 31.2 Å². The zero-order chi connectivity index (χ0) is 23.7. The molecular weight excluding hydrogens is 458 g/mol. The van der Waals surface area contributed by atoms with Gasteiger partial charge in [0.2, 0.25) is 0 Å². The van der Waals surface area contributed by atoms with Gasteiger partial charge < -0.3 is 9.64 Å². The number of hydrogen-bond acceptors (Lipinski definition) is 6. The lowest BCUT2D eigenvalue weighted by atomic mass is 9.95. The van der Waals surface area contributed by atoms with Crippen molar-refractivity contribution in [2.24, 2.45) is 4.99 Å². The maximum Gasteiger partial charge on any atom is 0.338 e. The summed E-state index contributed by atoms with van der Waals surface area (Å²) in [6.07, 6.45) is 1.80. The summed E-state index contributed by atoms with van der Waals surface area (Å²) >= 11 is 7.40. The predicted molar refractivity (Wildman–Crippen MR) is 133 cm³/mol. The molecule has 0 fully saturated rings. The molecule has 6 nitrogen and oxygen atoms in total. The van der Waals surface area contributed by atoms with Crippen LogP contribution < -0.4 is 19.8 Å². The Hall–Kier alpha value is -3.16. The van der Waals surface area contributed by atoms with Gasteiger partial charge in [0.15, 0.2) is 4.80 Å². The summed E-state index contributed by atoms with van der Waals surface area (Å²) in [6.45, 7) is 3.78. The van der Waals surface area contributed by atoms with Crippen molar-refractivity contribution in [2.75, 3.05) is 25.6 Å². The molecule has 4 rings (SSSR count). The number of benzene rings is 2. The van der Waals surface area contributed by atoms with Crippen molar-refractivity contribution in [3.63, 3.8) is 0 Å². The van der Waals surface area contributed by atoms with Crippen molar-refractivity contribution in [1.82, 2.24) is 4.57 Å². The average molecular weight is 482 g/mol.